The molecule has 0 N–H and O–H groups in total. The first kappa shape index (κ1) is 18.2. The number of benzene rings is 1. The van der Waals surface area contributed by atoms with Crippen LogP contribution in [0, 0.1) is 11.3 Å². The van der Waals surface area contributed by atoms with E-state index in [1.54, 1.807) is 5.57 Å². The fourth-order valence-electron chi connectivity index (χ4n) is 6.50. The van der Waals surface area contributed by atoms with E-state index in [9.17, 15) is 0 Å². The quantitative estimate of drug-likeness (QED) is 0.523. The molecular formula is C26H28ClN. The molecule has 28 heavy (non-hydrogen) atoms. The summed E-state index contributed by atoms with van der Waals surface area (Å²) in [7, 11) is 0. The third kappa shape index (κ3) is 2.55. The Bertz CT molecular complexity index is 929. The predicted molar refractivity (Wildman–Crippen MR) is 117 cm³/mol. The van der Waals surface area contributed by atoms with E-state index in [1.165, 1.54) is 48.8 Å². The Kier molecular flexibility index (Phi) is 4.47. The highest BCUT2D eigenvalue weighted by Gasteiger charge is 2.74. The third-order valence-corrected chi connectivity index (χ3v) is 8.07. The number of fused-ring (bicyclic) bond motifs is 1. The number of pyridine rings is 1. The summed E-state index contributed by atoms with van der Waals surface area (Å²) < 4.78 is 0. The van der Waals surface area contributed by atoms with Gasteiger partial charge in [0, 0.05) is 28.3 Å². The second-order valence-electron chi connectivity index (χ2n) is 8.85. The van der Waals surface area contributed by atoms with Crippen LogP contribution in [0.15, 0.2) is 71.5 Å². The average Bonchev–Trinajstić information content (AvgIpc) is 3.34. The van der Waals surface area contributed by atoms with Gasteiger partial charge in [-0.3, -0.25) is 4.98 Å². The van der Waals surface area contributed by atoms with Crippen LogP contribution in [0.4, 0.5) is 0 Å². The molecule has 3 unspecified atom stereocenters. The Morgan fingerprint density at radius 3 is 2.57 bits per heavy atom. The van der Waals surface area contributed by atoms with Crippen molar-refractivity contribution in [3.63, 3.8) is 0 Å². The first-order valence-electron chi connectivity index (χ1n) is 10.8. The van der Waals surface area contributed by atoms with Crippen molar-refractivity contribution >= 4 is 17.2 Å². The van der Waals surface area contributed by atoms with Crippen molar-refractivity contribution in [3.05, 3.63) is 82.7 Å². The number of hydrogen-bond donors (Lipinski definition) is 0. The first-order valence-corrected chi connectivity index (χ1v) is 11.1. The molecule has 1 nitrogen and oxygen atoms in total. The van der Waals surface area contributed by atoms with Crippen LogP contribution in [0.3, 0.4) is 0 Å². The molecule has 5 rings (SSSR count). The van der Waals surface area contributed by atoms with E-state index >= 15 is 0 Å². The summed E-state index contributed by atoms with van der Waals surface area (Å²) >= 11 is 6.85. The number of nitrogens with zero attached hydrogens (tertiary/aromatic N) is 1. The Hall–Kier alpha value is -1.86. The highest BCUT2D eigenvalue weighted by Crippen LogP contribution is 2.80. The Balaban J connectivity index is 1.54. The predicted octanol–water partition coefficient (Wildman–Crippen LogP) is 7.29. The van der Waals surface area contributed by atoms with Crippen molar-refractivity contribution in [1.29, 1.82) is 0 Å². The van der Waals surface area contributed by atoms with Gasteiger partial charge in [-0.25, -0.2) is 0 Å². The second kappa shape index (κ2) is 6.88. The molecule has 2 saturated carbocycles. The summed E-state index contributed by atoms with van der Waals surface area (Å²) in [6, 6.07) is 15.2. The first-order chi connectivity index (χ1) is 13.7. The van der Waals surface area contributed by atoms with Crippen molar-refractivity contribution < 1.29 is 0 Å². The lowest BCUT2D eigenvalue weighted by Crippen LogP contribution is -2.23. The smallest absolute Gasteiger partial charge is 0.0443 e. The summed E-state index contributed by atoms with van der Waals surface area (Å²) in [6.07, 6.45) is 15.1. The molecule has 1 aromatic heterocycles. The van der Waals surface area contributed by atoms with E-state index in [0.29, 0.717) is 10.8 Å². The molecule has 0 amide bonds. The molecule has 3 atom stereocenters. The molecule has 2 heteroatoms. The molecule has 3 aliphatic rings. The van der Waals surface area contributed by atoms with Gasteiger partial charge in [-0.1, -0.05) is 60.9 Å². The Morgan fingerprint density at radius 2 is 1.86 bits per heavy atom. The second-order valence-corrected chi connectivity index (χ2v) is 9.26. The van der Waals surface area contributed by atoms with Gasteiger partial charge in [-0.05, 0) is 79.4 Å². The summed E-state index contributed by atoms with van der Waals surface area (Å²) in [5, 5.41) is 0.955. The number of aromatic nitrogens is 1. The van der Waals surface area contributed by atoms with Crippen LogP contribution in [-0.2, 0) is 5.41 Å². The van der Waals surface area contributed by atoms with Crippen LogP contribution < -0.4 is 0 Å². The maximum absolute atomic E-state index is 6.85. The molecule has 2 aromatic rings. The summed E-state index contributed by atoms with van der Waals surface area (Å²) in [5.74, 6) is 0.791. The lowest BCUT2D eigenvalue weighted by Gasteiger charge is -2.29. The molecule has 0 spiro atoms. The van der Waals surface area contributed by atoms with Crippen molar-refractivity contribution in [3.8, 4) is 0 Å². The zero-order valence-electron chi connectivity index (χ0n) is 16.6. The molecule has 0 radical (unpaired) electrons. The molecule has 0 bridgehead atoms. The summed E-state index contributed by atoms with van der Waals surface area (Å²) in [4.78, 5) is 4.29. The highest BCUT2D eigenvalue weighted by molar-refractivity contribution is 6.34. The third-order valence-electron chi connectivity index (χ3n) is 7.73. The topological polar surface area (TPSA) is 12.9 Å². The summed E-state index contributed by atoms with van der Waals surface area (Å²) in [6.45, 7) is 2.33. The number of allylic oxidation sites excluding steroid dienone is 4. The van der Waals surface area contributed by atoms with Crippen molar-refractivity contribution in [1.82, 2.24) is 4.98 Å². The average molecular weight is 390 g/mol. The number of hydrogen-bond acceptors (Lipinski definition) is 1. The normalized spacial score (nSPS) is 31.5. The lowest BCUT2D eigenvalue weighted by molar-refractivity contribution is 0.385. The van der Waals surface area contributed by atoms with Crippen molar-refractivity contribution in [2.45, 2.75) is 57.3 Å². The molecule has 2 fully saturated rings. The maximum Gasteiger partial charge on any atom is 0.0443 e. The van der Waals surface area contributed by atoms with E-state index in [2.05, 4.69) is 60.4 Å². The van der Waals surface area contributed by atoms with Crippen LogP contribution in [0.1, 0.15) is 63.0 Å². The SMILES string of the molecule is CCCC1CCC2(C3=CC(Cl)=C(c4ccccc4)CC3)CC12c1ccncc1. The van der Waals surface area contributed by atoms with Gasteiger partial charge in [-0.2, -0.15) is 0 Å². The van der Waals surface area contributed by atoms with E-state index in [-0.39, 0.29) is 0 Å². The summed E-state index contributed by atoms with van der Waals surface area (Å²) in [5.41, 5.74) is 6.34. The van der Waals surface area contributed by atoms with Gasteiger partial charge in [0.25, 0.3) is 0 Å². The van der Waals surface area contributed by atoms with E-state index in [1.807, 2.05) is 12.4 Å². The Morgan fingerprint density at radius 1 is 1.07 bits per heavy atom. The van der Waals surface area contributed by atoms with Crippen LogP contribution in [0.2, 0.25) is 0 Å². The minimum Gasteiger partial charge on any atom is -0.265 e. The van der Waals surface area contributed by atoms with E-state index in [0.717, 1.165) is 23.8 Å². The van der Waals surface area contributed by atoms with Crippen LogP contribution in [0.5, 0.6) is 0 Å². The van der Waals surface area contributed by atoms with Crippen LogP contribution in [0.25, 0.3) is 5.57 Å². The zero-order chi connectivity index (χ0) is 19.2. The fourth-order valence-corrected chi connectivity index (χ4v) is 6.83. The van der Waals surface area contributed by atoms with Gasteiger partial charge in [-0.15, -0.1) is 0 Å². The molecule has 0 saturated heterocycles. The van der Waals surface area contributed by atoms with Gasteiger partial charge in [0.1, 0.15) is 0 Å². The number of rotatable bonds is 5. The van der Waals surface area contributed by atoms with Gasteiger partial charge >= 0.3 is 0 Å². The largest absolute Gasteiger partial charge is 0.265 e. The molecule has 144 valence electrons. The highest BCUT2D eigenvalue weighted by atomic mass is 35.5. The Labute approximate surface area is 173 Å². The standard InChI is InChI=1S/C26H28ClN/c1-2-6-20-11-14-25(18-26(20,25)21-12-15-28-16-13-21)22-9-10-23(24(27)17-22)19-7-4-3-5-8-19/h3-5,7-8,12-13,15-17,20H,2,6,9-11,14,18H2,1H3. The molecule has 1 aromatic carbocycles. The van der Waals surface area contributed by atoms with Crippen LogP contribution >= 0.6 is 11.6 Å². The van der Waals surface area contributed by atoms with Crippen molar-refractivity contribution in [2.75, 3.05) is 0 Å². The van der Waals surface area contributed by atoms with E-state index in [4.69, 9.17) is 11.6 Å². The van der Waals surface area contributed by atoms with Gasteiger partial charge in [0.15, 0.2) is 0 Å². The molecule has 0 aliphatic heterocycles. The van der Waals surface area contributed by atoms with Crippen molar-refractivity contribution in [2.24, 2.45) is 11.3 Å². The monoisotopic (exact) mass is 389 g/mol. The molecule has 1 heterocycles. The molecule has 3 aliphatic carbocycles. The minimum atomic E-state index is 0.319. The number of halogens is 1. The van der Waals surface area contributed by atoms with Gasteiger partial charge in [0.2, 0.25) is 0 Å². The van der Waals surface area contributed by atoms with E-state index < -0.39 is 0 Å². The van der Waals surface area contributed by atoms with Gasteiger partial charge < -0.3 is 0 Å². The van der Waals surface area contributed by atoms with Crippen LogP contribution in [-0.4, -0.2) is 4.98 Å². The molecular weight excluding hydrogens is 362 g/mol. The zero-order valence-corrected chi connectivity index (χ0v) is 17.4. The lowest BCUT2D eigenvalue weighted by atomic mass is 9.76. The van der Waals surface area contributed by atoms with Gasteiger partial charge in [0.05, 0.1) is 0 Å². The minimum absolute atomic E-state index is 0.319. The fraction of sp³-hybridized carbons (Fsp3) is 0.423. The maximum atomic E-state index is 6.85.